The van der Waals surface area contributed by atoms with E-state index in [9.17, 15) is 9.59 Å². The summed E-state index contributed by atoms with van der Waals surface area (Å²) in [5.41, 5.74) is 2.45. The van der Waals surface area contributed by atoms with Crippen LogP contribution in [-0.2, 0) is 22.6 Å². The fraction of sp³-hybridized carbons (Fsp3) is 0.385. The molecule has 4 heteroatoms. The van der Waals surface area contributed by atoms with E-state index in [4.69, 9.17) is 0 Å². The van der Waals surface area contributed by atoms with Crippen molar-refractivity contribution in [2.24, 2.45) is 0 Å². The number of rotatable bonds is 3. The van der Waals surface area contributed by atoms with Crippen LogP contribution in [-0.4, -0.2) is 29.9 Å². The lowest BCUT2D eigenvalue weighted by molar-refractivity contribution is -0.138. The second kappa shape index (κ2) is 5.36. The monoisotopic (exact) mass is 249 g/mol. The number of aldehydes is 1. The van der Waals surface area contributed by atoms with E-state index < -0.39 is 5.91 Å². The third kappa shape index (κ3) is 2.88. The average molecular weight is 249 g/mol. The van der Waals surface area contributed by atoms with E-state index in [0.717, 1.165) is 12.0 Å². The van der Waals surface area contributed by atoms with Crippen molar-refractivity contribution in [1.82, 2.24) is 4.90 Å². The summed E-state index contributed by atoms with van der Waals surface area (Å²) in [6.45, 7) is 0.496. The molecule has 0 saturated carbocycles. The summed E-state index contributed by atoms with van der Waals surface area (Å²) in [5.74, 6) is 0.715. The Kier molecular flexibility index (Phi) is 3.84. The Morgan fingerprint density at radius 3 is 3.12 bits per heavy atom. The molecule has 1 aromatic rings. The SMILES string of the molecule is CN(Cc1ccc2c(c1)CCCS2)C(=O)C=O. The lowest BCUT2D eigenvalue weighted by Crippen LogP contribution is -2.26. The maximum absolute atomic E-state index is 11.2. The van der Waals surface area contributed by atoms with Crippen molar-refractivity contribution in [3.8, 4) is 0 Å². The van der Waals surface area contributed by atoms with Gasteiger partial charge < -0.3 is 4.90 Å². The van der Waals surface area contributed by atoms with Crippen LogP contribution in [0.1, 0.15) is 17.5 Å². The highest BCUT2D eigenvalue weighted by Gasteiger charge is 2.12. The van der Waals surface area contributed by atoms with Crippen LogP contribution in [0.5, 0.6) is 0 Å². The van der Waals surface area contributed by atoms with Crippen LogP contribution < -0.4 is 0 Å². The lowest BCUT2D eigenvalue weighted by Gasteiger charge is -2.18. The number of benzene rings is 1. The minimum Gasteiger partial charge on any atom is -0.335 e. The first-order valence-corrected chi connectivity index (χ1v) is 6.64. The van der Waals surface area contributed by atoms with Gasteiger partial charge in [0.1, 0.15) is 0 Å². The Morgan fingerprint density at radius 1 is 1.53 bits per heavy atom. The number of thioether (sulfide) groups is 1. The van der Waals surface area contributed by atoms with Crippen LogP contribution in [0.2, 0.25) is 0 Å². The molecule has 0 fully saturated rings. The molecule has 2 rings (SSSR count). The quantitative estimate of drug-likeness (QED) is 0.606. The van der Waals surface area contributed by atoms with Gasteiger partial charge in [-0.15, -0.1) is 11.8 Å². The summed E-state index contributed by atoms with van der Waals surface area (Å²) in [6, 6.07) is 6.30. The van der Waals surface area contributed by atoms with E-state index >= 15 is 0 Å². The maximum Gasteiger partial charge on any atom is 0.286 e. The molecule has 0 saturated heterocycles. The average Bonchev–Trinajstić information content (AvgIpc) is 2.37. The predicted octanol–water partition coefficient (Wildman–Crippen LogP) is 1.88. The first kappa shape index (κ1) is 12.2. The molecule has 0 unspecified atom stereocenters. The molecule has 3 nitrogen and oxygen atoms in total. The summed E-state index contributed by atoms with van der Waals surface area (Å²) in [7, 11) is 1.64. The third-order valence-corrected chi connectivity index (χ3v) is 4.07. The van der Waals surface area contributed by atoms with Gasteiger partial charge in [-0.2, -0.15) is 0 Å². The number of nitrogens with zero attached hydrogens (tertiary/aromatic N) is 1. The summed E-state index contributed by atoms with van der Waals surface area (Å²) in [4.78, 5) is 24.3. The zero-order valence-corrected chi connectivity index (χ0v) is 10.6. The molecule has 0 aliphatic carbocycles. The zero-order valence-electron chi connectivity index (χ0n) is 9.81. The number of likely N-dealkylation sites (N-methyl/N-ethyl adjacent to an activating group) is 1. The Labute approximate surface area is 105 Å². The van der Waals surface area contributed by atoms with E-state index in [1.165, 1.54) is 27.5 Å². The van der Waals surface area contributed by atoms with Gasteiger partial charge in [0.25, 0.3) is 5.91 Å². The maximum atomic E-state index is 11.2. The normalized spacial score (nSPS) is 13.9. The van der Waals surface area contributed by atoms with Crippen molar-refractivity contribution in [2.75, 3.05) is 12.8 Å². The van der Waals surface area contributed by atoms with Crippen molar-refractivity contribution in [3.63, 3.8) is 0 Å². The second-order valence-electron chi connectivity index (χ2n) is 4.21. The number of amides is 1. The number of carbonyl (C=O) groups is 2. The van der Waals surface area contributed by atoms with E-state index in [1.54, 1.807) is 7.05 Å². The van der Waals surface area contributed by atoms with Gasteiger partial charge in [-0.3, -0.25) is 9.59 Å². The minimum absolute atomic E-state index is 0.355. The van der Waals surface area contributed by atoms with Gasteiger partial charge >= 0.3 is 0 Å². The zero-order chi connectivity index (χ0) is 12.3. The molecule has 1 heterocycles. The van der Waals surface area contributed by atoms with Crippen LogP contribution in [0, 0.1) is 0 Å². The van der Waals surface area contributed by atoms with Crippen LogP contribution in [0.15, 0.2) is 23.1 Å². The fourth-order valence-electron chi connectivity index (χ4n) is 1.95. The molecule has 0 radical (unpaired) electrons. The Hall–Kier alpha value is -1.29. The highest BCUT2D eigenvalue weighted by Crippen LogP contribution is 2.30. The summed E-state index contributed by atoms with van der Waals surface area (Å²) in [5, 5.41) is 0. The lowest BCUT2D eigenvalue weighted by atomic mass is 10.1. The van der Waals surface area contributed by atoms with Crippen molar-refractivity contribution >= 4 is 24.0 Å². The van der Waals surface area contributed by atoms with E-state index in [-0.39, 0.29) is 0 Å². The van der Waals surface area contributed by atoms with Crippen LogP contribution in [0.3, 0.4) is 0 Å². The standard InChI is InChI=1S/C13H15NO2S/c1-14(13(16)9-15)8-10-4-5-12-11(7-10)3-2-6-17-12/h4-5,7,9H,2-3,6,8H2,1H3. The fourth-order valence-corrected chi connectivity index (χ4v) is 2.97. The highest BCUT2D eigenvalue weighted by atomic mass is 32.2. The number of hydrogen-bond acceptors (Lipinski definition) is 3. The van der Waals surface area contributed by atoms with Gasteiger partial charge in [0.05, 0.1) is 0 Å². The number of aryl methyl sites for hydroxylation is 1. The molecule has 1 aliphatic rings. The molecule has 90 valence electrons. The van der Waals surface area contributed by atoms with Gasteiger partial charge in [-0.1, -0.05) is 12.1 Å². The van der Waals surface area contributed by atoms with Crippen molar-refractivity contribution < 1.29 is 9.59 Å². The van der Waals surface area contributed by atoms with Crippen LogP contribution in [0.25, 0.3) is 0 Å². The molecule has 17 heavy (non-hydrogen) atoms. The topological polar surface area (TPSA) is 37.4 Å². The minimum atomic E-state index is -0.475. The second-order valence-corrected chi connectivity index (χ2v) is 5.34. The summed E-state index contributed by atoms with van der Waals surface area (Å²) >= 11 is 1.89. The van der Waals surface area contributed by atoms with Crippen molar-refractivity contribution in [2.45, 2.75) is 24.3 Å². The smallest absolute Gasteiger partial charge is 0.286 e. The van der Waals surface area contributed by atoms with Crippen molar-refractivity contribution in [1.29, 1.82) is 0 Å². The van der Waals surface area contributed by atoms with Crippen LogP contribution >= 0.6 is 11.8 Å². The molecule has 0 spiro atoms. The molecule has 0 bridgehead atoms. The molecular weight excluding hydrogens is 234 g/mol. The molecular formula is C13H15NO2S. The molecule has 0 aromatic heterocycles. The third-order valence-electron chi connectivity index (χ3n) is 2.87. The van der Waals surface area contributed by atoms with Gasteiger partial charge in [-0.05, 0) is 35.8 Å². The van der Waals surface area contributed by atoms with E-state index in [2.05, 4.69) is 12.1 Å². The van der Waals surface area contributed by atoms with Crippen molar-refractivity contribution in [3.05, 3.63) is 29.3 Å². The molecule has 1 aliphatic heterocycles. The van der Waals surface area contributed by atoms with Gasteiger partial charge in [-0.25, -0.2) is 0 Å². The number of hydrogen-bond donors (Lipinski definition) is 0. The van der Waals surface area contributed by atoms with E-state index in [0.29, 0.717) is 12.8 Å². The Bertz CT molecular complexity index is 445. The molecule has 0 N–H and O–H groups in total. The molecule has 0 atom stereocenters. The Balaban J connectivity index is 2.12. The first-order valence-electron chi connectivity index (χ1n) is 5.65. The molecule has 1 aromatic carbocycles. The summed E-state index contributed by atoms with van der Waals surface area (Å²) < 4.78 is 0. The first-order chi connectivity index (χ1) is 8.20. The van der Waals surface area contributed by atoms with Gasteiger partial charge in [0.2, 0.25) is 6.29 Å². The van der Waals surface area contributed by atoms with Crippen LogP contribution in [0.4, 0.5) is 0 Å². The summed E-state index contributed by atoms with van der Waals surface area (Å²) in [6.07, 6.45) is 2.68. The number of carbonyl (C=O) groups excluding carboxylic acids is 2. The van der Waals surface area contributed by atoms with Gasteiger partial charge in [0.15, 0.2) is 0 Å². The van der Waals surface area contributed by atoms with E-state index in [1.807, 2.05) is 17.8 Å². The Morgan fingerprint density at radius 2 is 2.35 bits per heavy atom. The highest BCUT2D eigenvalue weighted by molar-refractivity contribution is 7.99. The largest absolute Gasteiger partial charge is 0.335 e. The molecule has 1 amide bonds. The number of fused-ring (bicyclic) bond motifs is 1. The predicted molar refractivity (Wildman–Crippen MR) is 68.0 cm³/mol. The van der Waals surface area contributed by atoms with Gasteiger partial charge in [0, 0.05) is 18.5 Å².